The molecule has 4 nitrogen and oxygen atoms in total. The Morgan fingerprint density at radius 1 is 1.04 bits per heavy atom. The Balaban J connectivity index is 2.11. The van der Waals surface area contributed by atoms with E-state index in [0.717, 1.165) is 0 Å². The molecular formula is C14H7Cl5N2O2. The van der Waals surface area contributed by atoms with E-state index in [4.69, 9.17) is 62.7 Å². The van der Waals surface area contributed by atoms with E-state index < -0.39 is 5.91 Å². The van der Waals surface area contributed by atoms with Gasteiger partial charge in [0.2, 0.25) is 5.88 Å². The summed E-state index contributed by atoms with van der Waals surface area (Å²) in [5, 5.41) is 2.85. The van der Waals surface area contributed by atoms with E-state index in [1.807, 2.05) is 0 Å². The number of hydrogen-bond donors (Lipinski definition) is 1. The van der Waals surface area contributed by atoms with Crippen LogP contribution >= 0.6 is 58.0 Å². The van der Waals surface area contributed by atoms with Crippen molar-refractivity contribution in [2.75, 3.05) is 5.32 Å². The summed E-state index contributed by atoms with van der Waals surface area (Å²) < 4.78 is 5.19. The van der Waals surface area contributed by atoms with Crippen molar-refractivity contribution in [2.24, 2.45) is 0 Å². The second-order valence-corrected chi connectivity index (χ2v) is 6.21. The van der Waals surface area contributed by atoms with Crippen LogP contribution in [-0.4, -0.2) is 10.9 Å². The molecule has 2 aromatic rings. The van der Waals surface area contributed by atoms with Gasteiger partial charge < -0.3 is 10.1 Å². The van der Waals surface area contributed by atoms with Gasteiger partial charge >= 0.3 is 0 Å². The Morgan fingerprint density at radius 2 is 1.70 bits per heavy atom. The van der Waals surface area contributed by atoms with Crippen LogP contribution in [0.1, 0.15) is 0 Å². The van der Waals surface area contributed by atoms with Crippen molar-refractivity contribution < 1.29 is 9.53 Å². The molecule has 0 saturated heterocycles. The normalized spacial score (nSPS) is 10.1. The van der Waals surface area contributed by atoms with Crippen molar-refractivity contribution in [2.45, 2.75) is 0 Å². The Bertz CT molecular complexity index is 738. The van der Waals surface area contributed by atoms with Crippen LogP contribution in [-0.2, 0) is 4.79 Å². The molecule has 0 unspecified atom stereocenters. The highest BCUT2D eigenvalue weighted by atomic mass is 35.5. The van der Waals surface area contributed by atoms with E-state index in [0.29, 0.717) is 21.5 Å². The summed E-state index contributed by atoms with van der Waals surface area (Å²) in [6, 6.07) is 8.05. The first-order chi connectivity index (χ1) is 10.9. The molecule has 0 spiro atoms. The molecule has 0 aliphatic rings. The molecule has 1 N–H and O–H groups in total. The zero-order valence-electron chi connectivity index (χ0n) is 11.1. The Kier molecular flexibility index (Phi) is 6.39. The minimum atomic E-state index is -0.656. The third kappa shape index (κ3) is 4.90. The van der Waals surface area contributed by atoms with Gasteiger partial charge in [-0.25, -0.2) is 4.98 Å². The van der Waals surface area contributed by atoms with Gasteiger partial charge in [0.15, 0.2) is 5.75 Å². The van der Waals surface area contributed by atoms with Crippen molar-refractivity contribution >= 4 is 69.6 Å². The van der Waals surface area contributed by atoms with Gasteiger partial charge in [0, 0.05) is 6.07 Å². The van der Waals surface area contributed by atoms with E-state index in [-0.39, 0.29) is 15.4 Å². The highest BCUT2D eigenvalue weighted by Gasteiger charge is 2.12. The number of hydrogen-bond acceptors (Lipinski definition) is 3. The zero-order valence-corrected chi connectivity index (χ0v) is 14.9. The molecule has 0 aliphatic heterocycles. The molecule has 1 heterocycles. The van der Waals surface area contributed by atoms with Gasteiger partial charge in [-0.1, -0.05) is 64.1 Å². The van der Waals surface area contributed by atoms with Crippen LogP contribution in [0.2, 0.25) is 10.0 Å². The number of benzene rings is 1. The number of nitrogens with one attached hydrogen (secondary N) is 1. The number of amides is 1. The van der Waals surface area contributed by atoms with Crippen LogP contribution in [0.5, 0.6) is 11.6 Å². The van der Waals surface area contributed by atoms with Crippen LogP contribution in [0.3, 0.4) is 0 Å². The lowest BCUT2D eigenvalue weighted by Gasteiger charge is -2.09. The SMILES string of the molecule is O=C(Nc1ccc(Oc2c(Cl)cccc2Cl)nc1)C(Cl)=C(Cl)Cl. The highest BCUT2D eigenvalue weighted by molar-refractivity contribution is 6.63. The van der Waals surface area contributed by atoms with E-state index in [2.05, 4.69) is 10.3 Å². The number of carbonyl (C=O) groups excluding carboxylic acids is 1. The van der Waals surface area contributed by atoms with Crippen LogP contribution < -0.4 is 10.1 Å². The number of pyridine rings is 1. The fraction of sp³-hybridized carbons (Fsp3) is 0. The number of anilines is 1. The fourth-order valence-corrected chi connectivity index (χ4v) is 2.16. The average Bonchev–Trinajstić information content (AvgIpc) is 2.51. The second kappa shape index (κ2) is 8.08. The van der Waals surface area contributed by atoms with Crippen molar-refractivity contribution in [3.63, 3.8) is 0 Å². The number of para-hydroxylation sites is 1. The molecule has 0 fully saturated rings. The zero-order chi connectivity index (χ0) is 17.0. The van der Waals surface area contributed by atoms with Crippen LogP contribution in [0, 0.1) is 0 Å². The molecule has 0 atom stereocenters. The number of nitrogens with zero attached hydrogens (tertiary/aromatic N) is 1. The lowest BCUT2D eigenvalue weighted by Crippen LogP contribution is -2.12. The summed E-state index contributed by atoms with van der Waals surface area (Å²) in [6.45, 7) is 0. The number of rotatable bonds is 4. The summed E-state index contributed by atoms with van der Waals surface area (Å²) in [7, 11) is 0. The first-order valence-corrected chi connectivity index (χ1v) is 7.87. The van der Waals surface area contributed by atoms with Crippen LogP contribution in [0.4, 0.5) is 5.69 Å². The topological polar surface area (TPSA) is 51.2 Å². The molecule has 0 radical (unpaired) electrons. The monoisotopic (exact) mass is 410 g/mol. The molecule has 2 rings (SSSR count). The smallest absolute Gasteiger partial charge is 0.269 e. The van der Waals surface area contributed by atoms with Crippen molar-refractivity contribution in [3.05, 3.63) is 56.1 Å². The Labute approximate surface area is 156 Å². The van der Waals surface area contributed by atoms with Gasteiger partial charge in [-0.05, 0) is 18.2 Å². The minimum Gasteiger partial charge on any atom is -0.436 e. The molecule has 1 aromatic carbocycles. The second-order valence-electron chi connectivity index (χ2n) is 4.07. The van der Waals surface area contributed by atoms with Gasteiger partial charge in [-0.15, -0.1) is 0 Å². The van der Waals surface area contributed by atoms with Crippen LogP contribution in [0.25, 0.3) is 0 Å². The van der Waals surface area contributed by atoms with Crippen molar-refractivity contribution in [1.82, 2.24) is 4.98 Å². The van der Waals surface area contributed by atoms with Gasteiger partial charge in [0.05, 0.1) is 21.9 Å². The molecule has 120 valence electrons. The molecule has 9 heteroatoms. The van der Waals surface area contributed by atoms with E-state index in [1.165, 1.54) is 12.3 Å². The Hall–Kier alpha value is -1.17. The summed E-state index contributed by atoms with van der Waals surface area (Å²) in [4.78, 5) is 15.7. The first-order valence-electron chi connectivity index (χ1n) is 5.98. The lowest BCUT2D eigenvalue weighted by atomic mass is 10.3. The predicted octanol–water partition coefficient (Wildman–Crippen LogP) is 6.00. The predicted molar refractivity (Wildman–Crippen MR) is 94.0 cm³/mol. The summed E-state index contributed by atoms with van der Waals surface area (Å²) in [5.74, 6) is -0.119. The first kappa shape index (κ1) is 18.2. The number of carbonyl (C=O) groups is 1. The largest absolute Gasteiger partial charge is 0.436 e. The number of halogens is 5. The van der Waals surface area contributed by atoms with Gasteiger partial charge in [-0.2, -0.15) is 0 Å². The molecule has 1 aromatic heterocycles. The molecule has 0 saturated carbocycles. The third-order valence-electron chi connectivity index (χ3n) is 2.49. The molecule has 1 amide bonds. The summed E-state index contributed by atoms with van der Waals surface area (Å²) >= 11 is 28.5. The van der Waals surface area contributed by atoms with Gasteiger partial charge in [0.1, 0.15) is 9.52 Å². The van der Waals surface area contributed by atoms with E-state index >= 15 is 0 Å². The Morgan fingerprint density at radius 3 is 2.22 bits per heavy atom. The molecule has 0 aliphatic carbocycles. The third-order valence-corrected chi connectivity index (χ3v) is 4.01. The van der Waals surface area contributed by atoms with Crippen molar-refractivity contribution in [1.29, 1.82) is 0 Å². The van der Waals surface area contributed by atoms with Gasteiger partial charge in [0.25, 0.3) is 5.91 Å². The standard InChI is InChI=1S/C14H7Cl5N2O2/c15-8-2-1-3-9(16)12(8)23-10-5-4-7(6-20-10)21-14(22)11(17)13(18)19/h1-6H,(H,21,22). The molecule has 0 bridgehead atoms. The van der Waals surface area contributed by atoms with E-state index in [1.54, 1.807) is 24.3 Å². The summed E-state index contributed by atoms with van der Waals surface area (Å²) in [6.07, 6.45) is 1.37. The van der Waals surface area contributed by atoms with Gasteiger partial charge in [-0.3, -0.25) is 4.79 Å². The molecular weight excluding hydrogens is 405 g/mol. The molecule has 23 heavy (non-hydrogen) atoms. The minimum absolute atomic E-state index is 0.245. The lowest BCUT2D eigenvalue weighted by molar-refractivity contribution is -0.112. The number of ether oxygens (including phenoxy) is 1. The maximum absolute atomic E-state index is 11.7. The summed E-state index contributed by atoms with van der Waals surface area (Å²) in [5.41, 5.74) is 0.375. The van der Waals surface area contributed by atoms with E-state index in [9.17, 15) is 4.79 Å². The fourth-order valence-electron chi connectivity index (χ4n) is 1.47. The quantitative estimate of drug-likeness (QED) is 0.626. The highest BCUT2D eigenvalue weighted by Crippen LogP contribution is 2.35. The maximum atomic E-state index is 11.7. The maximum Gasteiger partial charge on any atom is 0.269 e. The number of aromatic nitrogens is 1. The van der Waals surface area contributed by atoms with Crippen LogP contribution in [0.15, 0.2) is 46.1 Å². The average molecular weight is 412 g/mol. The van der Waals surface area contributed by atoms with Crippen molar-refractivity contribution in [3.8, 4) is 11.6 Å².